The summed E-state index contributed by atoms with van der Waals surface area (Å²) in [5.74, 6) is 0.659. The van der Waals surface area contributed by atoms with Gasteiger partial charge < -0.3 is 15.0 Å². The molecule has 25 heavy (non-hydrogen) atoms. The highest BCUT2D eigenvalue weighted by molar-refractivity contribution is 7.13. The number of fused-ring (bicyclic) bond motifs is 3. The third-order valence-electron chi connectivity index (χ3n) is 5.34. The highest BCUT2D eigenvalue weighted by Crippen LogP contribution is 2.28. The zero-order valence-electron chi connectivity index (χ0n) is 14.2. The van der Waals surface area contributed by atoms with E-state index in [1.807, 2.05) is 16.3 Å². The topological polar surface area (TPSA) is 86.4 Å². The van der Waals surface area contributed by atoms with Crippen molar-refractivity contribution in [1.82, 2.24) is 20.0 Å². The molecule has 8 nitrogen and oxygen atoms in total. The van der Waals surface area contributed by atoms with Crippen LogP contribution in [0.3, 0.4) is 0 Å². The number of carbonyl (C=O) groups excluding carboxylic acids is 1. The van der Waals surface area contributed by atoms with E-state index in [0.29, 0.717) is 23.7 Å². The van der Waals surface area contributed by atoms with Gasteiger partial charge in [-0.15, -0.1) is 16.4 Å². The number of anilines is 1. The van der Waals surface area contributed by atoms with Crippen LogP contribution < -0.4 is 10.2 Å². The third kappa shape index (κ3) is 3.58. The van der Waals surface area contributed by atoms with Gasteiger partial charge in [0.25, 0.3) is 0 Å². The number of amides is 1. The lowest BCUT2D eigenvalue weighted by molar-refractivity contribution is -0.945. The van der Waals surface area contributed by atoms with E-state index in [2.05, 4.69) is 20.6 Å². The summed E-state index contributed by atoms with van der Waals surface area (Å²) in [7, 11) is 1.66. The molecule has 1 unspecified atom stereocenters. The van der Waals surface area contributed by atoms with E-state index < -0.39 is 0 Å². The van der Waals surface area contributed by atoms with Crippen LogP contribution in [-0.2, 0) is 22.7 Å². The first-order valence-electron chi connectivity index (χ1n) is 8.66. The van der Waals surface area contributed by atoms with Gasteiger partial charge >= 0.3 is 0 Å². The van der Waals surface area contributed by atoms with Crippen LogP contribution in [0.25, 0.3) is 0 Å². The molecule has 2 aromatic rings. The van der Waals surface area contributed by atoms with Crippen molar-refractivity contribution < 1.29 is 14.4 Å². The van der Waals surface area contributed by atoms with E-state index in [0.717, 1.165) is 38.2 Å². The molecule has 0 saturated carbocycles. The lowest BCUT2D eigenvalue weighted by atomic mass is 9.75. The molecule has 2 aromatic heterocycles. The molecule has 0 aromatic carbocycles. The van der Waals surface area contributed by atoms with Gasteiger partial charge in [-0.1, -0.05) is 5.21 Å². The monoisotopic (exact) mass is 363 g/mol. The second-order valence-electron chi connectivity index (χ2n) is 6.89. The fourth-order valence-electron chi connectivity index (χ4n) is 4.17. The lowest BCUT2D eigenvalue weighted by Gasteiger charge is -2.46. The van der Waals surface area contributed by atoms with Crippen LogP contribution in [0.4, 0.5) is 5.13 Å². The molecule has 3 aliphatic heterocycles. The second kappa shape index (κ2) is 7.19. The zero-order valence-corrected chi connectivity index (χ0v) is 15.0. The largest absolute Gasteiger partial charge is 0.378 e. The normalized spacial score (nSPS) is 28.2. The van der Waals surface area contributed by atoms with Crippen molar-refractivity contribution in [1.29, 1.82) is 0 Å². The van der Waals surface area contributed by atoms with Crippen molar-refractivity contribution in [2.45, 2.75) is 32.0 Å². The van der Waals surface area contributed by atoms with E-state index in [4.69, 9.17) is 4.74 Å². The molecule has 0 aliphatic carbocycles. The SMILES string of the molecule is COCc1cn(C[C@H]2C[C@@H]3CC[NH+]2C[C@@H]3C(=O)Nc2nccs2)nn1. The maximum atomic E-state index is 12.6. The molecule has 0 radical (unpaired) electrons. The molecular formula is C16H23N6O2S+. The van der Waals surface area contributed by atoms with Crippen molar-refractivity contribution in [2.75, 3.05) is 25.5 Å². The number of hydrogen-bond acceptors (Lipinski definition) is 6. The minimum absolute atomic E-state index is 0.0868. The van der Waals surface area contributed by atoms with E-state index >= 15 is 0 Å². The van der Waals surface area contributed by atoms with Crippen LogP contribution >= 0.6 is 11.3 Å². The molecule has 9 heteroatoms. The number of methoxy groups -OCH3 is 1. The summed E-state index contributed by atoms with van der Waals surface area (Å²) in [6, 6.07) is 0.500. The van der Waals surface area contributed by atoms with Crippen molar-refractivity contribution in [3.63, 3.8) is 0 Å². The number of carbonyl (C=O) groups is 1. The van der Waals surface area contributed by atoms with Crippen molar-refractivity contribution in [2.24, 2.45) is 11.8 Å². The molecule has 3 fully saturated rings. The van der Waals surface area contributed by atoms with Gasteiger partial charge in [0.2, 0.25) is 5.91 Å². The highest BCUT2D eigenvalue weighted by Gasteiger charge is 2.46. The van der Waals surface area contributed by atoms with E-state index in [1.165, 1.54) is 16.2 Å². The van der Waals surface area contributed by atoms with Gasteiger partial charge in [-0.2, -0.15) is 0 Å². The van der Waals surface area contributed by atoms with Crippen LogP contribution in [0.5, 0.6) is 0 Å². The Kier molecular flexibility index (Phi) is 4.78. The molecule has 5 rings (SSSR count). The van der Waals surface area contributed by atoms with Gasteiger partial charge in [-0.25, -0.2) is 9.67 Å². The van der Waals surface area contributed by atoms with Crippen LogP contribution in [0, 0.1) is 11.8 Å². The van der Waals surface area contributed by atoms with Crippen LogP contribution in [0.15, 0.2) is 17.8 Å². The Balaban J connectivity index is 1.37. The van der Waals surface area contributed by atoms with Crippen molar-refractivity contribution >= 4 is 22.4 Å². The summed E-state index contributed by atoms with van der Waals surface area (Å²) in [4.78, 5) is 18.3. The summed E-state index contributed by atoms with van der Waals surface area (Å²) < 4.78 is 7.01. The predicted molar refractivity (Wildman–Crippen MR) is 92.2 cm³/mol. The highest BCUT2D eigenvalue weighted by atomic mass is 32.1. The maximum Gasteiger partial charge on any atom is 0.235 e. The first-order chi connectivity index (χ1) is 12.2. The van der Waals surface area contributed by atoms with Gasteiger partial charge in [-0.3, -0.25) is 4.79 Å². The smallest absolute Gasteiger partial charge is 0.235 e. The lowest BCUT2D eigenvalue weighted by Crippen LogP contribution is -3.20. The average Bonchev–Trinajstić information content (AvgIpc) is 3.28. The summed E-state index contributed by atoms with van der Waals surface area (Å²) >= 11 is 1.47. The molecule has 2 N–H and O–H groups in total. The van der Waals surface area contributed by atoms with Gasteiger partial charge in [0.05, 0.1) is 38.4 Å². The Bertz CT molecular complexity index is 718. The zero-order chi connectivity index (χ0) is 17.2. The molecule has 134 valence electrons. The Morgan fingerprint density at radius 1 is 1.56 bits per heavy atom. The van der Waals surface area contributed by atoms with Crippen molar-refractivity contribution in [3.8, 4) is 0 Å². The van der Waals surface area contributed by atoms with Crippen LogP contribution in [0.1, 0.15) is 18.5 Å². The predicted octanol–water partition coefficient (Wildman–Crippen LogP) is -0.187. The maximum absolute atomic E-state index is 12.6. The first kappa shape index (κ1) is 16.6. The summed E-state index contributed by atoms with van der Waals surface area (Å²) in [6.07, 6.45) is 5.85. The number of piperidine rings is 3. The summed E-state index contributed by atoms with van der Waals surface area (Å²) in [5, 5.41) is 13.9. The molecule has 1 amide bonds. The number of rotatable bonds is 6. The number of quaternary nitrogens is 1. The van der Waals surface area contributed by atoms with Crippen LogP contribution in [-0.4, -0.2) is 52.1 Å². The van der Waals surface area contributed by atoms with E-state index in [1.54, 1.807) is 13.3 Å². The molecular weight excluding hydrogens is 340 g/mol. The fourth-order valence-corrected chi connectivity index (χ4v) is 4.70. The summed E-state index contributed by atoms with van der Waals surface area (Å²) in [5.41, 5.74) is 0.856. The number of nitrogens with one attached hydrogen (secondary N) is 2. The van der Waals surface area contributed by atoms with Crippen molar-refractivity contribution in [3.05, 3.63) is 23.5 Å². The Labute approximate surface area is 150 Å². The Hall–Kier alpha value is -1.84. The molecule has 0 spiro atoms. The number of thiazole rings is 1. The second-order valence-corrected chi connectivity index (χ2v) is 7.79. The van der Waals surface area contributed by atoms with E-state index in [9.17, 15) is 4.79 Å². The summed E-state index contributed by atoms with van der Waals surface area (Å²) in [6.45, 7) is 3.37. The van der Waals surface area contributed by atoms with Gasteiger partial charge in [-0.05, 0) is 5.92 Å². The third-order valence-corrected chi connectivity index (χ3v) is 6.03. The average molecular weight is 363 g/mol. The number of hydrogen-bond donors (Lipinski definition) is 2. The molecule has 3 saturated heterocycles. The van der Waals surface area contributed by atoms with Gasteiger partial charge in [0.15, 0.2) is 5.13 Å². The van der Waals surface area contributed by atoms with Crippen LogP contribution in [0.2, 0.25) is 0 Å². The van der Waals surface area contributed by atoms with E-state index in [-0.39, 0.29) is 11.8 Å². The number of aromatic nitrogens is 4. The molecule has 5 heterocycles. The Morgan fingerprint density at radius 2 is 2.48 bits per heavy atom. The Morgan fingerprint density at radius 3 is 3.20 bits per heavy atom. The fraction of sp³-hybridized carbons (Fsp3) is 0.625. The standard InChI is InChI=1S/C16H22N6O2S/c1-24-10-12-7-22(20-19-12)8-13-6-11-2-4-21(13)9-14(11)15(23)18-16-17-3-5-25-16/h3,5,7,11,13-14H,2,4,6,8-10H2,1H3,(H,17,18,23)/p+1/t11-,13+,14-/m0/s1. The quantitative estimate of drug-likeness (QED) is 0.743. The van der Waals surface area contributed by atoms with Gasteiger partial charge in [0.1, 0.15) is 11.7 Å². The molecule has 4 atom stereocenters. The first-order valence-corrected chi connectivity index (χ1v) is 9.53. The molecule has 2 bridgehead atoms. The number of nitrogens with zero attached hydrogens (tertiary/aromatic N) is 4. The molecule has 3 aliphatic rings. The minimum Gasteiger partial charge on any atom is -0.378 e. The number of ether oxygens (including phenoxy) is 1. The van der Waals surface area contributed by atoms with Gasteiger partial charge in [0, 0.05) is 31.5 Å². The minimum atomic E-state index is 0.0868.